The van der Waals surface area contributed by atoms with Crippen molar-refractivity contribution in [3.8, 4) is 0 Å². The van der Waals surface area contributed by atoms with Crippen molar-refractivity contribution in [3.05, 3.63) is 34.4 Å². The number of rotatable bonds is 2. The maximum absolute atomic E-state index is 13.4. The van der Waals surface area contributed by atoms with Crippen LogP contribution in [0, 0.1) is 5.92 Å². The van der Waals surface area contributed by atoms with Gasteiger partial charge in [0, 0.05) is 38.2 Å². The van der Waals surface area contributed by atoms with Crippen molar-refractivity contribution < 1.29 is 23.1 Å². The first kappa shape index (κ1) is 17.2. The molecule has 1 fully saturated rings. The number of aliphatic hydroxyl groups excluding tert-OH is 1. The summed E-state index contributed by atoms with van der Waals surface area (Å²) in [5, 5.41) is 10.1. The maximum atomic E-state index is 13.4. The average Bonchev–Trinajstić information content (AvgIpc) is 2.77. The Morgan fingerprint density at radius 1 is 1.29 bits per heavy atom. The first-order valence-electron chi connectivity index (χ1n) is 8.02. The third-order valence-corrected chi connectivity index (χ3v) is 4.98. The summed E-state index contributed by atoms with van der Waals surface area (Å²) < 4.78 is 40.2. The predicted octanol–water partition coefficient (Wildman–Crippen LogP) is 2.15. The monoisotopic (exact) mass is 342 g/mol. The predicted molar refractivity (Wildman–Crippen MR) is 82.6 cm³/mol. The first-order chi connectivity index (χ1) is 11.2. The fourth-order valence-electron chi connectivity index (χ4n) is 3.68. The second kappa shape index (κ2) is 6.04. The van der Waals surface area contributed by atoms with Gasteiger partial charge in [-0.25, -0.2) is 0 Å². The molecule has 2 unspecified atom stereocenters. The number of halogens is 3. The minimum atomic E-state index is -4.49. The van der Waals surface area contributed by atoms with E-state index in [1.165, 1.54) is 11.9 Å². The van der Waals surface area contributed by atoms with Crippen molar-refractivity contribution in [3.63, 3.8) is 0 Å². The summed E-state index contributed by atoms with van der Waals surface area (Å²) in [4.78, 5) is 15.5. The highest BCUT2D eigenvalue weighted by Crippen LogP contribution is 2.38. The van der Waals surface area contributed by atoms with Crippen LogP contribution in [0.4, 0.5) is 13.2 Å². The Balaban J connectivity index is 1.96. The van der Waals surface area contributed by atoms with Gasteiger partial charge in [0.1, 0.15) is 0 Å². The Morgan fingerprint density at radius 2 is 2.00 bits per heavy atom. The smallest absolute Gasteiger partial charge is 0.393 e. The van der Waals surface area contributed by atoms with Gasteiger partial charge in [0.2, 0.25) is 0 Å². The Labute approximate surface area is 138 Å². The number of hydrogen-bond acceptors (Lipinski definition) is 3. The molecule has 2 atom stereocenters. The van der Waals surface area contributed by atoms with Crippen molar-refractivity contribution in [2.24, 2.45) is 5.92 Å². The number of piperidine rings is 1. The number of likely N-dealkylation sites (tertiary alicyclic amines) is 1. The normalized spacial score (nSPS) is 25.2. The van der Waals surface area contributed by atoms with Gasteiger partial charge in [0.15, 0.2) is 0 Å². The Morgan fingerprint density at radius 3 is 2.67 bits per heavy atom. The molecule has 1 aromatic rings. The van der Waals surface area contributed by atoms with Gasteiger partial charge < -0.3 is 14.9 Å². The molecule has 2 heterocycles. The van der Waals surface area contributed by atoms with Crippen LogP contribution in [0.3, 0.4) is 0 Å². The molecule has 4 nitrogen and oxygen atoms in total. The molecule has 1 amide bonds. The van der Waals surface area contributed by atoms with E-state index in [1.807, 2.05) is 7.05 Å². The molecule has 3 rings (SSSR count). The molecule has 2 aliphatic heterocycles. The van der Waals surface area contributed by atoms with Crippen LogP contribution in [0.2, 0.25) is 0 Å². The number of amides is 1. The molecular weight excluding hydrogens is 321 g/mol. The zero-order chi connectivity index (χ0) is 17.6. The van der Waals surface area contributed by atoms with E-state index < -0.39 is 17.8 Å². The SMILES string of the molecule is CN1CCC(O)C(Cc2cc3c(c(C(F)(F)F)c2)CN(C)C3=O)C1. The lowest BCUT2D eigenvalue weighted by molar-refractivity contribution is -0.138. The number of nitrogens with zero attached hydrogens (tertiary/aromatic N) is 2. The average molecular weight is 342 g/mol. The zero-order valence-corrected chi connectivity index (χ0v) is 13.7. The van der Waals surface area contributed by atoms with Crippen molar-refractivity contribution in [1.82, 2.24) is 9.80 Å². The Bertz CT molecular complexity index is 660. The summed E-state index contributed by atoms with van der Waals surface area (Å²) in [7, 11) is 3.43. The van der Waals surface area contributed by atoms with Gasteiger partial charge in [-0.3, -0.25) is 4.79 Å². The zero-order valence-electron chi connectivity index (χ0n) is 13.7. The van der Waals surface area contributed by atoms with Crippen LogP contribution < -0.4 is 0 Å². The van der Waals surface area contributed by atoms with Gasteiger partial charge in [-0.2, -0.15) is 13.2 Å². The summed E-state index contributed by atoms with van der Waals surface area (Å²) in [6.07, 6.45) is -4.08. The second-order valence-electron chi connectivity index (χ2n) is 6.91. The molecule has 0 spiro atoms. The summed E-state index contributed by atoms with van der Waals surface area (Å²) in [6, 6.07) is 2.71. The number of carbonyl (C=O) groups is 1. The fourth-order valence-corrected chi connectivity index (χ4v) is 3.68. The van der Waals surface area contributed by atoms with Crippen LogP contribution in [-0.4, -0.2) is 54.1 Å². The van der Waals surface area contributed by atoms with Gasteiger partial charge in [-0.15, -0.1) is 0 Å². The van der Waals surface area contributed by atoms with E-state index in [4.69, 9.17) is 0 Å². The molecular formula is C17H21F3N2O2. The fraction of sp³-hybridized carbons (Fsp3) is 0.588. The quantitative estimate of drug-likeness (QED) is 0.896. The number of aliphatic hydroxyl groups is 1. The molecule has 0 radical (unpaired) electrons. The lowest BCUT2D eigenvalue weighted by Gasteiger charge is -2.34. The summed E-state index contributed by atoms with van der Waals surface area (Å²) in [5.74, 6) is -0.504. The number of alkyl halides is 3. The topological polar surface area (TPSA) is 43.8 Å². The van der Waals surface area contributed by atoms with Crippen LogP contribution in [0.15, 0.2) is 12.1 Å². The molecule has 7 heteroatoms. The lowest BCUT2D eigenvalue weighted by Crippen LogP contribution is -2.42. The third-order valence-electron chi connectivity index (χ3n) is 4.98. The summed E-state index contributed by atoms with van der Waals surface area (Å²) in [5.41, 5.74) is -0.0727. The van der Waals surface area contributed by atoms with E-state index >= 15 is 0 Å². The number of carbonyl (C=O) groups excluding carboxylic acids is 1. The molecule has 1 aromatic carbocycles. The van der Waals surface area contributed by atoms with Crippen LogP contribution in [0.5, 0.6) is 0 Å². The minimum absolute atomic E-state index is 0.0158. The van der Waals surface area contributed by atoms with Gasteiger partial charge in [0.05, 0.1) is 11.7 Å². The number of hydrogen-bond donors (Lipinski definition) is 1. The van der Waals surface area contributed by atoms with Gasteiger partial charge >= 0.3 is 6.18 Å². The van der Waals surface area contributed by atoms with E-state index in [-0.39, 0.29) is 29.5 Å². The van der Waals surface area contributed by atoms with Gasteiger partial charge in [0.25, 0.3) is 5.91 Å². The maximum Gasteiger partial charge on any atom is 0.416 e. The van der Waals surface area contributed by atoms with E-state index in [0.717, 1.165) is 12.6 Å². The van der Waals surface area contributed by atoms with Crippen LogP contribution in [0.1, 0.15) is 33.5 Å². The molecule has 2 aliphatic rings. The first-order valence-corrected chi connectivity index (χ1v) is 8.02. The molecule has 0 aliphatic carbocycles. The molecule has 132 valence electrons. The second-order valence-corrected chi connectivity index (χ2v) is 6.91. The van der Waals surface area contributed by atoms with Crippen LogP contribution in [-0.2, 0) is 19.1 Å². The van der Waals surface area contributed by atoms with Crippen molar-refractivity contribution in [2.75, 3.05) is 27.2 Å². The molecule has 0 saturated carbocycles. The Kier molecular flexibility index (Phi) is 4.34. The highest BCUT2D eigenvalue weighted by atomic mass is 19.4. The highest BCUT2D eigenvalue weighted by Gasteiger charge is 2.39. The van der Waals surface area contributed by atoms with Crippen molar-refractivity contribution >= 4 is 5.91 Å². The van der Waals surface area contributed by atoms with Crippen molar-refractivity contribution in [1.29, 1.82) is 0 Å². The largest absolute Gasteiger partial charge is 0.416 e. The van der Waals surface area contributed by atoms with Crippen LogP contribution >= 0.6 is 0 Å². The van der Waals surface area contributed by atoms with Gasteiger partial charge in [-0.05, 0) is 43.1 Å². The van der Waals surface area contributed by atoms with E-state index in [2.05, 4.69) is 4.90 Å². The third kappa shape index (κ3) is 3.15. The lowest BCUT2D eigenvalue weighted by atomic mass is 9.87. The van der Waals surface area contributed by atoms with E-state index in [0.29, 0.717) is 24.9 Å². The van der Waals surface area contributed by atoms with Crippen LogP contribution in [0.25, 0.3) is 0 Å². The molecule has 0 aromatic heterocycles. The number of fused-ring (bicyclic) bond motifs is 1. The highest BCUT2D eigenvalue weighted by molar-refractivity contribution is 5.98. The van der Waals surface area contributed by atoms with E-state index in [9.17, 15) is 23.1 Å². The molecule has 24 heavy (non-hydrogen) atoms. The molecule has 1 saturated heterocycles. The minimum Gasteiger partial charge on any atom is -0.393 e. The molecule has 1 N–H and O–H groups in total. The van der Waals surface area contributed by atoms with E-state index in [1.54, 1.807) is 6.07 Å². The van der Waals surface area contributed by atoms with Crippen molar-refractivity contribution in [2.45, 2.75) is 31.7 Å². The van der Waals surface area contributed by atoms with Gasteiger partial charge in [-0.1, -0.05) is 0 Å². The standard InChI is InChI=1S/C17H21F3N2O2/c1-21-4-3-15(23)11(8-21)5-10-6-12-13(9-22(2)16(12)24)14(7-10)17(18,19)20/h6-7,11,15,23H,3-5,8-9H2,1-2H3. The molecule has 0 bridgehead atoms. The summed E-state index contributed by atoms with van der Waals surface area (Å²) in [6.45, 7) is 1.39. The Hall–Kier alpha value is -1.60. The number of benzene rings is 1. The summed E-state index contributed by atoms with van der Waals surface area (Å²) >= 11 is 0.